The average molecular weight is 480 g/mol. The molecule has 1 aromatic carbocycles. The summed E-state index contributed by atoms with van der Waals surface area (Å²) in [6, 6.07) is 7.13. The van der Waals surface area contributed by atoms with Gasteiger partial charge >= 0.3 is 0 Å². The molecule has 2 saturated heterocycles. The summed E-state index contributed by atoms with van der Waals surface area (Å²) < 4.78 is 27.5. The molecule has 0 saturated carbocycles. The summed E-state index contributed by atoms with van der Waals surface area (Å²) in [5, 5.41) is 0. The number of likely N-dealkylation sites (N-methyl/N-ethyl adjacent to an activating group) is 1. The van der Waals surface area contributed by atoms with Gasteiger partial charge in [-0.25, -0.2) is 8.42 Å². The summed E-state index contributed by atoms with van der Waals surface area (Å²) in [7, 11) is -0.0332. The van der Waals surface area contributed by atoms with Crippen molar-refractivity contribution in [3.63, 3.8) is 0 Å². The highest BCUT2D eigenvalue weighted by Gasteiger charge is 2.30. The Balaban J connectivity index is 1.45. The van der Waals surface area contributed by atoms with Crippen molar-refractivity contribution >= 4 is 21.8 Å². The van der Waals surface area contributed by atoms with Crippen LogP contribution in [0.1, 0.15) is 25.3 Å². The number of hydrogen-bond donors (Lipinski definition) is 0. The Bertz CT molecular complexity index is 917. The number of carbonyl (C=O) groups is 2. The molecule has 0 aromatic heterocycles. The number of hydrogen-bond acceptors (Lipinski definition) is 6. The van der Waals surface area contributed by atoms with Gasteiger partial charge in [0.1, 0.15) is 0 Å². The predicted molar refractivity (Wildman–Crippen MR) is 127 cm³/mol. The van der Waals surface area contributed by atoms with Gasteiger partial charge in [-0.2, -0.15) is 4.31 Å². The van der Waals surface area contributed by atoms with Crippen molar-refractivity contribution in [1.29, 1.82) is 0 Å². The van der Waals surface area contributed by atoms with E-state index in [4.69, 9.17) is 0 Å². The monoisotopic (exact) mass is 479 g/mol. The van der Waals surface area contributed by atoms with Crippen LogP contribution in [-0.2, 0) is 19.6 Å². The number of sulfonamides is 1. The first-order valence-corrected chi connectivity index (χ1v) is 13.0. The lowest BCUT2D eigenvalue weighted by molar-refractivity contribution is -0.135. The van der Waals surface area contributed by atoms with Gasteiger partial charge in [0.05, 0.1) is 18.0 Å². The van der Waals surface area contributed by atoms with Crippen LogP contribution in [0.2, 0.25) is 0 Å². The molecule has 0 bridgehead atoms. The van der Waals surface area contributed by atoms with E-state index < -0.39 is 10.0 Å². The molecule has 2 heterocycles. The molecule has 0 unspecified atom stereocenters. The highest BCUT2D eigenvalue weighted by molar-refractivity contribution is 7.89. The first-order valence-electron chi connectivity index (χ1n) is 11.6. The van der Waals surface area contributed by atoms with Gasteiger partial charge in [0.15, 0.2) is 0 Å². The highest BCUT2D eigenvalue weighted by atomic mass is 32.2. The largest absolute Gasteiger partial charge is 0.348 e. The zero-order valence-corrected chi connectivity index (χ0v) is 21.1. The van der Waals surface area contributed by atoms with Crippen molar-refractivity contribution in [3.05, 3.63) is 29.8 Å². The Morgan fingerprint density at radius 3 is 1.88 bits per heavy atom. The molecule has 2 aliphatic heterocycles. The zero-order chi connectivity index (χ0) is 24.2. The Kier molecular flexibility index (Phi) is 8.49. The van der Waals surface area contributed by atoms with Gasteiger partial charge in [-0.3, -0.25) is 19.4 Å². The molecule has 0 N–H and O–H groups in total. The summed E-state index contributed by atoms with van der Waals surface area (Å²) in [6.45, 7) is 9.26. The van der Waals surface area contributed by atoms with Crippen LogP contribution in [-0.4, -0.2) is 124 Å². The van der Waals surface area contributed by atoms with E-state index in [1.165, 1.54) is 4.31 Å². The Morgan fingerprint density at radius 2 is 1.36 bits per heavy atom. The lowest BCUT2D eigenvalue weighted by Gasteiger charge is -2.37. The Hall–Kier alpha value is -2.01. The first kappa shape index (κ1) is 25.6. The second kappa shape index (κ2) is 10.9. The van der Waals surface area contributed by atoms with Gasteiger partial charge in [-0.15, -0.1) is 0 Å². The van der Waals surface area contributed by atoms with E-state index >= 15 is 0 Å². The van der Waals surface area contributed by atoms with Crippen molar-refractivity contribution in [1.82, 2.24) is 23.9 Å². The second-order valence-corrected chi connectivity index (χ2v) is 11.3. The van der Waals surface area contributed by atoms with E-state index in [0.29, 0.717) is 76.3 Å². The Labute approximate surface area is 198 Å². The van der Waals surface area contributed by atoms with Crippen molar-refractivity contribution in [2.24, 2.45) is 0 Å². The van der Waals surface area contributed by atoms with Crippen LogP contribution in [0.4, 0.5) is 0 Å². The molecular weight excluding hydrogens is 442 g/mol. The summed E-state index contributed by atoms with van der Waals surface area (Å²) in [4.78, 5) is 32.5. The number of carbonyl (C=O) groups excluding carboxylic acids is 2. The van der Waals surface area contributed by atoms with Gasteiger partial charge in [-0.05, 0) is 23.6 Å². The van der Waals surface area contributed by atoms with Crippen LogP contribution in [0.5, 0.6) is 0 Å². The summed E-state index contributed by atoms with van der Waals surface area (Å²) in [5.74, 6) is 0.485. The molecule has 9 nitrogen and oxygen atoms in total. The SMILES string of the molecule is CC(C)c1ccc(S(=O)(=O)N2CCN(CC(=O)N3CCN(CC(=O)N(C)C)CC3)CC2)cc1. The van der Waals surface area contributed by atoms with E-state index in [1.807, 2.05) is 21.9 Å². The standard InChI is InChI=1S/C23H37N5O4S/c1-19(2)20-5-7-21(8-6-20)33(31,32)28-15-11-26(12-16-28)18-23(30)27-13-9-25(10-14-27)17-22(29)24(3)4/h5-8,19H,9-18H2,1-4H3. The van der Waals surface area contributed by atoms with Crippen LogP contribution in [0.15, 0.2) is 29.2 Å². The minimum Gasteiger partial charge on any atom is -0.348 e. The average Bonchev–Trinajstić information content (AvgIpc) is 2.79. The zero-order valence-electron chi connectivity index (χ0n) is 20.2. The number of rotatable bonds is 7. The maximum Gasteiger partial charge on any atom is 0.243 e. The van der Waals surface area contributed by atoms with Gasteiger partial charge in [0.25, 0.3) is 0 Å². The lowest BCUT2D eigenvalue weighted by Crippen LogP contribution is -2.55. The van der Waals surface area contributed by atoms with Gasteiger partial charge in [0.2, 0.25) is 21.8 Å². The van der Waals surface area contributed by atoms with Crippen LogP contribution in [0, 0.1) is 0 Å². The third-order valence-electron chi connectivity index (χ3n) is 6.46. The number of amides is 2. The predicted octanol–water partition coefficient (Wildman–Crippen LogP) is 0.349. The summed E-state index contributed by atoms with van der Waals surface area (Å²) >= 11 is 0. The van der Waals surface area contributed by atoms with Crippen LogP contribution < -0.4 is 0 Å². The maximum atomic E-state index is 13.0. The molecule has 2 aliphatic rings. The molecule has 3 rings (SSSR count). The van der Waals surface area contributed by atoms with Crippen molar-refractivity contribution in [2.45, 2.75) is 24.7 Å². The number of nitrogens with zero attached hydrogens (tertiary/aromatic N) is 5. The molecule has 1 aromatic rings. The molecule has 2 amide bonds. The smallest absolute Gasteiger partial charge is 0.243 e. The fraction of sp³-hybridized carbons (Fsp3) is 0.652. The molecule has 0 spiro atoms. The van der Waals surface area contributed by atoms with E-state index in [9.17, 15) is 18.0 Å². The molecule has 33 heavy (non-hydrogen) atoms. The molecule has 0 radical (unpaired) electrons. The molecule has 0 atom stereocenters. The third kappa shape index (κ3) is 6.53. The lowest BCUT2D eigenvalue weighted by atomic mass is 10.0. The quantitative estimate of drug-likeness (QED) is 0.561. The Morgan fingerprint density at radius 1 is 0.848 bits per heavy atom. The summed E-state index contributed by atoms with van der Waals surface area (Å²) in [6.07, 6.45) is 0. The molecular formula is C23H37N5O4S. The van der Waals surface area contributed by atoms with Crippen LogP contribution >= 0.6 is 0 Å². The molecule has 0 aliphatic carbocycles. The highest BCUT2D eigenvalue weighted by Crippen LogP contribution is 2.21. The van der Waals surface area contributed by atoms with E-state index in [-0.39, 0.29) is 11.8 Å². The minimum absolute atomic E-state index is 0.0640. The number of piperazine rings is 2. The molecule has 2 fully saturated rings. The molecule has 184 valence electrons. The fourth-order valence-corrected chi connectivity index (χ4v) is 5.50. The third-order valence-corrected chi connectivity index (χ3v) is 8.37. The van der Waals surface area contributed by atoms with Crippen molar-refractivity contribution < 1.29 is 18.0 Å². The van der Waals surface area contributed by atoms with Crippen LogP contribution in [0.25, 0.3) is 0 Å². The number of benzene rings is 1. The van der Waals surface area contributed by atoms with Crippen molar-refractivity contribution in [3.8, 4) is 0 Å². The van der Waals surface area contributed by atoms with Crippen molar-refractivity contribution in [2.75, 3.05) is 79.5 Å². The van der Waals surface area contributed by atoms with Crippen LogP contribution in [0.3, 0.4) is 0 Å². The maximum absolute atomic E-state index is 13.0. The van der Waals surface area contributed by atoms with Gasteiger partial charge < -0.3 is 9.80 Å². The van der Waals surface area contributed by atoms with E-state index in [1.54, 1.807) is 31.1 Å². The minimum atomic E-state index is -3.52. The summed E-state index contributed by atoms with van der Waals surface area (Å²) in [5.41, 5.74) is 1.11. The second-order valence-electron chi connectivity index (χ2n) is 9.35. The van der Waals surface area contributed by atoms with E-state index in [2.05, 4.69) is 18.7 Å². The van der Waals surface area contributed by atoms with E-state index in [0.717, 1.165) is 5.56 Å². The van der Waals surface area contributed by atoms with Gasteiger partial charge in [0, 0.05) is 66.5 Å². The molecule has 10 heteroatoms. The first-order chi connectivity index (χ1) is 15.6. The normalized spacial score (nSPS) is 19.1. The van der Waals surface area contributed by atoms with Gasteiger partial charge in [-0.1, -0.05) is 26.0 Å². The topological polar surface area (TPSA) is 84.5 Å². The fourth-order valence-electron chi connectivity index (χ4n) is 4.08.